The van der Waals surface area contributed by atoms with Crippen molar-refractivity contribution >= 4 is 10.9 Å². The van der Waals surface area contributed by atoms with Gasteiger partial charge in [-0.05, 0) is 127 Å². The van der Waals surface area contributed by atoms with Crippen LogP contribution in [0.25, 0.3) is 33.3 Å². The van der Waals surface area contributed by atoms with Gasteiger partial charge in [-0.2, -0.15) is 0 Å². The molecule has 4 saturated carbocycles. The first-order chi connectivity index (χ1) is 17.7. The van der Waals surface area contributed by atoms with Gasteiger partial charge in [0.1, 0.15) is 0 Å². The molecule has 0 radical (unpaired) electrons. The van der Waals surface area contributed by atoms with Gasteiger partial charge in [-0.3, -0.25) is 0 Å². The first kappa shape index (κ1) is 22.4. The molecule has 4 aliphatic rings. The number of nitrogens with one attached hydrogen (secondary N) is 1. The average molecular weight is 475 g/mol. The Balaban J connectivity index is 1.28. The summed E-state index contributed by atoms with van der Waals surface area (Å²) in [6.45, 7) is 0.766. The molecule has 1 aromatic heterocycles. The topological polar surface area (TPSA) is 41.8 Å². The lowest BCUT2D eigenvalue weighted by Gasteiger charge is -2.57. The van der Waals surface area contributed by atoms with Crippen molar-refractivity contribution in [3.05, 3.63) is 83.9 Å². The molecule has 2 heteroatoms. The van der Waals surface area contributed by atoms with E-state index in [0.717, 1.165) is 43.6 Å². The van der Waals surface area contributed by atoms with E-state index in [0.29, 0.717) is 5.41 Å². The summed E-state index contributed by atoms with van der Waals surface area (Å²) in [4.78, 5) is 3.84. The lowest BCUT2D eigenvalue weighted by molar-refractivity contribution is -0.00513. The molecule has 0 aliphatic heterocycles. The molecule has 4 fully saturated rings. The molecule has 0 saturated heterocycles. The van der Waals surface area contributed by atoms with Crippen LogP contribution in [0.2, 0.25) is 0 Å². The highest BCUT2D eigenvalue weighted by Crippen LogP contribution is 2.61. The predicted molar refractivity (Wildman–Crippen MR) is 151 cm³/mol. The number of rotatable bonds is 7. The van der Waals surface area contributed by atoms with E-state index in [1.54, 1.807) is 5.56 Å². The molecule has 36 heavy (non-hydrogen) atoms. The average Bonchev–Trinajstić information content (AvgIpc) is 3.26. The van der Waals surface area contributed by atoms with Crippen LogP contribution >= 0.6 is 0 Å². The summed E-state index contributed by atoms with van der Waals surface area (Å²) in [5.74, 6) is 2.92. The molecule has 4 aliphatic carbocycles. The molecule has 4 aromatic rings. The monoisotopic (exact) mass is 474 g/mol. The van der Waals surface area contributed by atoms with Crippen LogP contribution in [0.15, 0.2) is 72.8 Å². The zero-order valence-electron chi connectivity index (χ0n) is 21.3. The molecule has 4 bridgehead atoms. The first-order valence-corrected chi connectivity index (χ1v) is 14.2. The number of unbranched alkanes of at least 4 members (excludes halogenated alkanes) is 1. The zero-order chi connectivity index (χ0) is 24.1. The van der Waals surface area contributed by atoms with Crippen molar-refractivity contribution in [1.82, 2.24) is 4.98 Å². The number of hydrogen-bond acceptors (Lipinski definition) is 1. The third-order valence-corrected chi connectivity index (χ3v) is 9.72. The van der Waals surface area contributed by atoms with Gasteiger partial charge >= 0.3 is 0 Å². The van der Waals surface area contributed by atoms with Crippen LogP contribution in [0.5, 0.6) is 0 Å². The van der Waals surface area contributed by atoms with E-state index < -0.39 is 0 Å². The normalized spacial score (nSPS) is 26.6. The molecule has 2 nitrogen and oxygen atoms in total. The second kappa shape index (κ2) is 8.92. The summed E-state index contributed by atoms with van der Waals surface area (Å²) >= 11 is 0. The van der Waals surface area contributed by atoms with Crippen molar-refractivity contribution in [2.75, 3.05) is 6.54 Å². The molecule has 8 rings (SSSR count). The number of nitrogens with two attached hydrogens (primary N) is 1. The fourth-order valence-corrected chi connectivity index (χ4v) is 8.45. The van der Waals surface area contributed by atoms with Gasteiger partial charge in [0.05, 0.1) is 0 Å². The molecule has 0 spiro atoms. The maximum Gasteiger partial charge on any atom is 0.0497 e. The highest BCUT2D eigenvalue weighted by molar-refractivity contribution is 5.91. The second-order valence-corrected chi connectivity index (χ2v) is 12.1. The summed E-state index contributed by atoms with van der Waals surface area (Å²) < 4.78 is 0. The smallest absolute Gasteiger partial charge is 0.0497 e. The highest BCUT2D eigenvalue weighted by atomic mass is 14.7. The van der Waals surface area contributed by atoms with Crippen LogP contribution in [0.4, 0.5) is 0 Å². The number of aryl methyl sites for hydroxylation is 1. The zero-order valence-corrected chi connectivity index (χ0v) is 21.3. The van der Waals surface area contributed by atoms with Crippen LogP contribution in [0, 0.1) is 17.8 Å². The quantitative estimate of drug-likeness (QED) is 0.260. The van der Waals surface area contributed by atoms with Crippen molar-refractivity contribution in [1.29, 1.82) is 0 Å². The van der Waals surface area contributed by atoms with Crippen LogP contribution in [-0.4, -0.2) is 11.5 Å². The standard InChI is InChI=1S/C34H38N2/c35-15-5-4-8-30-31-19-29(34-20-23-16-24(21-34)18-25(17-23)22-34)13-14-32(31)36-33(30)28-11-9-27(10-12-28)26-6-2-1-3-7-26/h1-3,6-7,9-14,19,23-25,36H,4-5,8,15-18,20-22,35H2. The predicted octanol–water partition coefficient (Wildman–Crippen LogP) is 8.25. The number of fused-ring (bicyclic) bond motifs is 1. The van der Waals surface area contributed by atoms with E-state index >= 15 is 0 Å². The number of H-pyrrole nitrogens is 1. The molecular weight excluding hydrogens is 436 g/mol. The number of benzene rings is 3. The van der Waals surface area contributed by atoms with Gasteiger partial charge in [0.25, 0.3) is 0 Å². The molecule has 3 aromatic carbocycles. The van der Waals surface area contributed by atoms with E-state index in [2.05, 4.69) is 77.8 Å². The SMILES string of the molecule is NCCCCc1c(-c2ccc(-c3ccccc3)cc2)[nH]c2ccc(C34CC5CC(CC(C5)C3)C4)cc12. The van der Waals surface area contributed by atoms with Gasteiger partial charge in [-0.15, -0.1) is 0 Å². The minimum Gasteiger partial charge on any atom is -0.354 e. The number of hydrogen-bond donors (Lipinski definition) is 2. The Labute approximate surface area is 215 Å². The Morgan fingerprint density at radius 1 is 0.722 bits per heavy atom. The van der Waals surface area contributed by atoms with Crippen molar-refractivity contribution < 1.29 is 0 Å². The van der Waals surface area contributed by atoms with Crippen LogP contribution < -0.4 is 5.73 Å². The maximum absolute atomic E-state index is 5.89. The fourth-order valence-electron chi connectivity index (χ4n) is 8.45. The number of aromatic nitrogens is 1. The Morgan fingerprint density at radius 3 is 2.03 bits per heavy atom. The van der Waals surface area contributed by atoms with E-state index in [1.807, 2.05) is 0 Å². The minimum absolute atomic E-state index is 0.437. The Kier molecular flexibility index (Phi) is 5.54. The lowest BCUT2D eigenvalue weighted by atomic mass is 9.48. The largest absolute Gasteiger partial charge is 0.354 e. The molecule has 0 unspecified atom stereocenters. The summed E-state index contributed by atoms with van der Waals surface area (Å²) in [7, 11) is 0. The third-order valence-electron chi connectivity index (χ3n) is 9.72. The summed E-state index contributed by atoms with van der Waals surface area (Å²) in [5.41, 5.74) is 15.8. The molecule has 3 N–H and O–H groups in total. The highest BCUT2D eigenvalue weighted by Gasteiger charge is 2.51. The van der Waals surface area contributed by atoms with Crippen molar-refractivity contribution in [3.8, 4) is 22.4 Å². The molecule has 1 heterocycles. The van der Waals surface area contributed by atoms with Crippen LogP contribution in [0.1, 0.15) is 62.5 Å². The Morgan fingerprint density at radius 2 is 1.36 bits per heavy atom. The Bertz CT molecular complexity index is 1330. The van der Waals surface area contributed by atoms with Crippen molar-refractivity contribution in [2.45, 2.75) is 63.2 Å². The van der Waals surface area contributed by atoms with Gasteiger partial charge in [0.2, 0.25) is 0 Å². The molecule has 0 atom stereocenters. The van der Waals surface area contributed by atoms with E-state index in [-0.39, 0.29) is 0 Å². The van der Waals surface area contributed by atoms with Gasteiger partial charge in [-0.1, -0.05) is 60.7 Å². The van der Waals surface area contributed by atoms with Crippen molar-refractivity contribution in [3.63, 3.8) is 0 Å². The summed E-state index contributed by atoms with van der Waals surface area (Å²) in [6, 6.07) is 27.2. The third kappa shape index (κ3) is 3.82. The summed E-state index contributed by atoms with van der Waals surface area (Å²) in [5, 5.41) is 1.45. The molecule has 184 valence electrons. The van der Waals surface area contributed by atoms with Gasteiger partial charge < -0.3 is 10.7 Å². The van der Waals surface area contributed by atoms with Gasteiger partial charge in [0.15, 0.2) is 0 Å². The second-order valence-electron chi connectivity index (χ2n) is 12.1. The molecule has 0 amide bonds. The van der Waals surface area contributed by atoms with E-state index in [9.17, 15) is 0 Å². The first-order valence-electron chi connectivity index (χ1n) is 14.2. The minimum atomic E-state index is 0.437. The van der Waals surface area contributed by atoms with E-state index in [4.69, 9.17) is 5.73 Å². The van der Waals surface area contributed by atoms with Crippen LogP contribution in [-0.2, 0) is 11.8 Å². The fraction of sp³-hybridized carbons (Fsp3) is 0.412. The van der Waals surface area contributed by atoms with Gasteiger partial charge in [0, 0.05) is 16.6 Å². The van der Waals surface area contributed by atoms with E-state index in [1.165, 1.54) is 77.4 Å². The lowest BCUT2D eigenvalue weighted by Crippen LogP contribution is -2.48. The Hall–Kier alpha value is -2.84. The van der Waals surface area contributed by atoms with Gasteiger partial charge in [-0.25, -0.2) is 0 Å². The summed E-state index contributed by atoms with van der Waals surface area (Å²) in [6.07, 6.45) is 12.1. The molecular formula is C34H38N2. The van der Waals surface area contributed by atoms with Crippen molar-refractivity contribution in [2.24, 2.45) is 23.5 Å². The maximum atomic E-state index is 5.89. The van der Waals surface area contributed by atoms with Crippen LogP contribution in [0.3, 0.4) is 0 Å². The number of aromatic amines is 1.